The second kappa shape index (κ2) is 7.97. The van der Waals surface area contributed by atoms with Gasteiger partial charge in [0.2, 0.25) is 5.91 Å². The molecule has 130 valence electrons. The van der Waals surface area contributed by atoms with E-state index in [2.05, 4.69) is 24.4 Å². The number of nitrogens with zero attached hydrogens (tertiary/aromatic N) is 1. The van der Waals surface area contributed by atoms with E-state index >= 15 is 0 Å². The molecule has 1 atom stereocenters. The van der Waals surface area contributed by atoms with Crippen molar-refractivity contribution < 1.29 is 9.59 Å². The van der Waals surface area contributed by atoms with E-state index in [1.165, 1.54) is 5.56 Å². The lowest BCUT2D eigenvalue weighted by Gasteiger charge is -2.24. The predicted octanol–water partition coefficient (Wildman–Crippen LogP) is 3.17. The normalized spacial score (nSPS) is 16.7. The van der Waals surface area contributed by atoms with Crippen LogP contribution in [0.1, 0.15) is 41.3 Å². The number of hydrogen-bond donors (Lipinski definition) is 1. The van der Waals surface area contributed by atoms with E-state index in [-0.39, 0.29) is 17.9 Å². The minimum atomic E-state index is -0.373. The smallest absolute Gasteiger partial charge is 0.254 e. The van der Waals surface area contributed by atoms with Gasteiger partial charge in [0.25, 0.3) is 5.91 Å². The molecule has 0 radical (unpaired) electrons. The van der Waals surface area contributed by atoms with Gasteiger partial charge in [-0.2, -0.15) is 0 Å². The van der Waals surface area contributed by atoms with E-state index in [0.717, 1.165) is 24.8 Å². The number of carbonyl (C=O) groups is 2. The van der Waals surface area contributed by atoms with Crippen molar-refractivity contribution in [3.8, 4) is 0 Å². The molecular formula is C21H24N2O2. The SMILES string of the molecule is CCc1ccc(CNC(=O)C2CCCN2C(=O)c2ccccc2)cc1. The molecule has 1 N–H and O–H groups in total. The van der Waals surface area contributed by atoms with Crippen LogP contribution >= 0.6 is 0 Å². The summed E-state index contributed by atoms with van der Waals surface area (Å²) >= 11 is 0. The van der Waals surface area contributed by atoms with Crippen molar-refractivity contribution in [3.05, 3.63) is 71.3 Å². The van der Waals surface area contributed by atoms with Crippen LogP contribution in [0.5, 0.6) is 0 Å². The van der Waals surface area contributed by atoms with Crippen molar-refractivity contribution in [1.29, 1.82) is 0 Å². The third kappa shape index (κ3) is 4.08. The zero-order chi connectivity index (χ0) is 17.6. The van der Waals surface area contributed by atoms with Crippen LogP contribution in [0.4, 0.5) is 0 Å². The summed E-state index contributed by atoms with van der Waals surface area (Å²) in [6, 6.07) is 17.1. The first-order chi connectivity index (χ1) is 12.2. The van der Waals surface area contributed by atoms with Crippen LogP contribution in [-0.4, -0.2) is 29.3 Å². The van der Waals surface area contributed by atoms with Gasteiger partial charge in [0.1, 0.15) is 6.04 Å². The molecule has 2 aromatic rings. The fourth-order valence-corrected chi connectivity index (χ4v) is 3.23. The molecule has 1 fully saturated rings. The molecule has 1 aliphatic rings. The molecule has 4 heteroatoms. The number of amides is 2. The summed E-state index contributed by atoms with van der Waals surface area (Å²) in [7, 11) is 0. The van der Waals surface area contributed by atoms with Gasteiger partial charge in [0.05, 0.1) is 0 Å². The monoisotopic (exact) mass is 336 g/mol. The molecular weight excluding hydrogens is 312 g/mol. The molecule has 0 aromatic heterocycles. The second-order valence-corrected chi connectivity index (χ2v) is 6.41. The Morgan fingerprint density at radius 1 is 1.04 bits per heavy atom. The second-order valence-electron chi connectivity index (χ2n) is 6.41. The van der Waals surface area contributed by atoms with Crippen LogP contribution in [0.15, 0.2) is 54.6 Å². The van der Waals surface area contributed by atoms with Gasteiger partial charge in [-0.1, -0.05) is 49.4 Å². The van der Waals surface area contributed by atoms with E-state index in [1.54, 1.807) is 17.0 Å². The van der Waals surface area contributed by atoms with Crippen molar-refractivity contribution in [2.75, 3.05) is 6.54 Å². The first-order valence-electron chi connectivity index (χ1n) is 8.90. The van der Waals surface area contributed by atoms with Gasteiger partial charge in [-0.05, 0) is 42.5 Å². The molecule has 25 heavy (non-hydrogen) atoms. The lowest BCUT2D eigenvalue weighted by molar-refractivity contribution is -0.125. The highest BCUT2D eigenvalue weighted by atomic mass is 16.2. The van der Waals surface area contributed by atoms with Crippen molar-refractivity contribution in [3.63, 3.8) is 0 Å². The van der Waals surface area contributed by atoms with Crippen LogP contribution in [0.25, 0.3) is 0 Å². The van der Waals surface area contributed by atoms with Gasteiger partial charge < -0.3 is 10.2 Å². The fourth-order valence-electron chi connectivity index (χ4n) is 3.23. The van der Waals surface area contributed by atoms with Crippen molar-refractivity contribution >= 4 is 11.8 Å². The quantitative estimate of drug-likeness (QED) is 0.912. The molecule has 1 unspecified atom stereocenters. The third-order valence-electron chi connectivity index (χ3n) is 4.74. The summed E-state index contributed by atoms with van der Waals surface area (Å²) in [6.07, 6.45) is 2.59. The highest BCUT2D eigenvalue weighted by Gasteiger charge is 2.34. The van der Waals surface area contributed by atoms with Crippen LogP contribution in [-0.2, 0) is 17.8 Å². The van der Waals surface area contributed by atoms with Crippen molar-refractivity contribution in [2.45, 2.75) is 38.8 Å². The van der Waals surface area contributed by atoms with E-state index in [1.807, 2.05) is 30.3 Å². The number of rotatable bonds is 5. The average Bonchev–Trinajstić information content (AvgIpc) is 3.16. The average molecular weight is 336 g/mol. The molecule has 3 rings (SSSR count). The third-order valence-corrected chi connectivity index (χ3v) is 4.74. The van der Waals surface area contributed by atoms with Crippen LogP contribution in [0, 0.1) is 0 Å². The summed E-state index contributed by atoms with van der Waals surface area (Å²) in [5, 5.41) is 2.98. The van der Waals surface area contributed by atoms with Crippen molar-refractivity contribution in [1.82, 2.24) is 10.2 Å². The minimum Gasteiger partial charge on any atom is -0.350 e. The molecule has 2 amide bonds. The topological polar surface area (TPSA) is 49.4 Å². The Labute approximate surface area is 148 Å². The minimum absolute atomic E-state index is 0.0643. The number of nitrogens with one attached hydrogen (secondary N) is 1. The molecule has 0 spiro atoms. The van der Waals surface area contributed by atoms with E-state index in [9.17, 15) is 9.59 Å². The highest BCUT2D eigenvalue weighted by Crippen LogP contribution is 2.20. The van der Waals surface area contributed by atoms with Gasteiger partial charge in [0, 0.05) is 18.7 Å². The number of likely N-dealkylation sites (tertiary alicyclic amines) is 1. The zero-order valence-electron chi connectivity index (χ0n) is 14.6. The number of carbonyl (C=O) groups excluding carboxylic acids is 2. The molecule has 0 aliphatic carbocycles. The molecule has 1 heterocycles. The Balaban J connectivity index is 1.61. The van der Waals surface area contributed by atoms with E-state index < -0.39 is 0 Å². The zero-order valence-corrected chi connectivity index (χ0v) is 14.6. The van der Waals surface area contributed by atoms with Gasteiger partial charge >= 0.3 is 0 Å². The summed E-state index contributed by atoms with van der Waals surface area (Å²) in [5.74, 6) is -0.133. The maximum Gasteiger partial charge on any atom is 0.254 e. The maximum absolute atomic E-state index is 12.7. The number of hydrogen-bond acceptors (Lipinski definition) is 2. The van der Waals surface area contributed by atoms with E-state index in [4.69, 9.17) is 0 Å². The van der Waals surface area contributed by atoms with E-state index in [0.29, 0.717) is 18.7 Å². The van der Waals surface area contributed by atoms with Crippen LogP contribution < -0.4 is 5.32 Å². The maximum atomic E-state index is 12.7. The lowest BCUT2D eigenvalue weighted by Crippen LogP contribution is -2.45. The Kier molecular flexibility index (Phi) is 5.49. The summed E-state index contributed by atoms with van der Waals surface area (Å²) < 4.78 is 0. The molecule has 1 saturated heterocycles. The first-order valence-corrected chi connectivity index (χ1v) is 8.90. The lowest BCUT2D eigenvalue weighted by atomic mass is 10.1. The standard InChI is InChI=1S/C21H24N2O2/c1-2-16-10-12-17(13-11-16)15-22-20(24)19-9-6-14-23(19)21(25)18-7-4-3-5-8-18/h3-5,7-8,10-13,19H,2,6,9,14-15H2,1H3,(H,22,24). The predicted molar refractivity (Wildman–Crippen MR) is 98.2 cm³/mol. The fraction of sp³-hybridized carbons (Fsp3) is 0.333. The Morgan fingerprint density at radius 3 is 2.40 bits per heavy atom. The van der Waals surface area contributed by atoms with Gasteiger partial charge in [0.15, 0.2) is 0 Å². The van der Waals surface area contributed by atoms with Crippen LogP contribution in [0.3, 0.4) is 0 Å². The number of aryl methyl sites for hydroxylation is 1. The molecule has 1 aliphatic heterocycles. The Hall–Kier alpha value is -2.62. The summed E-state index contributed by atoms with van der Waals surface area (Å²) in [5.41, 5.74) is 2.99. The van der Waals surface area contributed by atoms with Gasteiger partial charge in [-0.25, -0.2) is 0 Å². The molecule has 2 aromatic carbocycles. The van der Waals surface area contributed by atoms with Crippen molar-refractivity contribution in [2.24, 2.45) is 0 Å². The summed E-state index contributed by atoms with van der Waals surface area (Å²) in [4.78, 5) is 26.9. The van der Waals surface area contributed by atoms with Gasteiger partial charge in [-0.3, -0.25) is 9.59 Å². The number of benzene rings is 2. The van der Waals surface area contributed by atoms with Crippen LogP contribution in [0.2, 0.25) is 0 Å². The van der Waals surface area contributed by atoms with Gasteiger partial charge in [-0.15, -0.1) is 0 Å². The highest BCUT2D eigenvalue weighted by molar-refractivity contribution is 5.97. The summed E-state index contributed by atoms with van der Waals surface area (Å²) in [6.45, 7) is 3.25. The largest absolute Gasteiger partial charge is 0.350 e. The molecule has 0 bridgehead atoms. The Morgan fingerprint density at radius 2 is 1.72 bits per heavy atom. The first kappa shape index (κ1) is 17.2. The molecule has 0 saturated carbocycles. The molecule has 4 nitrogen and oxygen atoms in total. The Bertz CT molecular complexity index is 725.